The van der Waals surface area contributed by atoms with E-state index in [1.54, 1.807) is 0 Å². The van der Waals surface area contributed by atoms with Crippen LogP contribution in [0.1, 0.15) is 33.6 Å². The average molecular weight is 257 g/mol. The molecule has 14 heavy (non-hydrogen) atoms. The molecule has 0 amide bonds. The van der Waals surface area contributed by atoms with Crippen molar-refractivity contribution in [2.24, 2.45) is 0 Å². The molecule has 0 bridgehead atoms. The molecule has 0 aliphatic rings. The fraction of sp³-hybridized carbons (Fsp3) is 0.545. The van der Waals surface area contributed by atoms with Crippen LogP contribution in [-0.4, -0.2) is 10.5 Å². The highest BCUT2D eigenvalue weighted by Gasteiger charge is 2.18. The third kappa shape index (κ3) is 2.98. The standard InChI is InChI=1S/C11H17BrN2/c1-4-11(3,5-2)14-10-7-6-9(12)8-13-10/h6-8H,4-5H2,1-3H3,(H,13,14). The third-order valence-electron chi connectivity index (χ3n) is 2.72. The molecule has 1 N–H and O–H groups in total. The predicted octanol–water partition coefficient (Wildman–Crippen LogP) is 3.83. The Morgan fingerprint density at radius 2 is 2.00 bits per heavy atom. The lowest BCUT2D eigenvalue weighted by molar-refractivity contribution is 0.477. The number of aromatic nitrogens is 1. The van der Waals surface area contributed by atoms with Gasteiger partial charge in [0, 0.05) is 16.2 Å². The minimum absolute atomic E-state index is 0.154. The molecule has 78 valence electrons. The lowest BCUT2D eigenvalue weighted by Gasteiger charge is -2.28. The maximum Gasteiger partial charge on any atom is 0.126 e. The molecule has 1 aromatic heterocycles. The second kappa shape index (κ2) is 4.78. The van der Waals surface area contributed by atoms with Gasteiger partial charge < -0.3 is 5.32 Å². The highest BCUT2D eigenvalue weighted by molar-refractivity contribution is 9.10. The van der Waals surface area contributed by atoms with Crippen LogP contribution in [0, 0.1) is 0 Å². The van der Waals surface area contributed by atoms with Crippen molar-refractivity contribution in [2.45, 2.75) is 39.2 Å². The molecule has 1 rings (SSSR count). The second-order valence-corrected chi connectivity index (χ2v) is 4.67. The van der Waals surface area contributed by atoms with E-state index >= 15 is 0 Å². The van der Waals surface area contributed by atoms with Gasteiger partial charge in [0.2, 0.25) is 0 Å². The zero-order valence-electron chi connectivity index (χ0n) is 8.97. The SMILES string of the molecule is CCC(C)(CC)Nc1ccc(Br)cn1. The maximum absolute atomic E-state index is 4.30. The summed E-state index contributed by atoms with van der Waals surface area (Å²) in [5.74, 6) is 0.944. The number of halogens is 1. The van der Waals surface area contributed by atoms with Crippen LogP contribution in [0.25, 0.3) is 0 Å². The molecule has 1 heterocycles. The van der Waals surface area contributed by atoms with Crippen molar-refractivity contribution in [1.82, 2.24) is 4.98 Å². The molecule has 3 heteroatoms. The van der Waals surface area contributed by atoms with Crippen molar-refractivity contribution < 1.29 is 0 Å². The third-order valence-corrected chi connectivity index (χ3v) is 3.19. The Kier molecular flexibility index (Phi) is 3.93. The van der Waals surface area contributed by atoms with Crippen LogP contribution in [0.3, 0.4) is 0 Å². The molecule has 0 aromatic carbocycles. The first-order chi connectivity index (χ1) is 6.59. The Morgan fingerprint density at radius 1 is 1.36 bits per heavy atom. The van der Waals surface area contributed by atoms with Crippen LogP contribution in [0.5, 0.6) is 0 Å². The molecule has 0 atom stereocenters. The highest BCUT2D eigenvalue weighted by atomic mass is 79.9. The van der Waals surface area contributed by atoms with E-state index in [9.17, 15) is 0 Å². The minimum Gasteiger partial charge on any atom is -0.365 e. The topological polar surface area (TPSA) is 24.9 Å². The predicted molar refractivity (Wildman–Crippen MR) is 64.5 cm³/mol. The van der Waals surface area contributed by atoms with Gasteiger partial charge in [0.25, 0.3) is 0 Å². The Labute approximate surface area is 94.3 Å². The average Bonchev–Trinajstić information content (AvgIpc) is 2.21. The van der Waals surface area contributed by atoms with Gasteiger partial charge >= 0.3 is 0 Å². The lowest BCUT2D eigenvalue weighted by atomic mass is 9.96. The van der Waals surface area contributed by atoms with Crippen molar-refractivity contribution in [3.8, 4) is 0 Å². The number of pyridine rings is 1. The monoisotopic (exact) mass is 256 g/mol. The van der Waals surface area contributed by atoms with Crippen molar-refractivity contribution >= 4 is 21.7 Å². The largest absolute Gasteiger partial charge is 0.365 e. The molecule has 0 spiro atoms. The molecule has 0 aliphatic heterocycles. The summed E-state index contributed by atoms with van der Waals surface area (Å²) in [7, 11) is 0. The fourth-order valence-corrected chi connectivity index (χ4v) is 1.42. The summed E-state index contributed by atoms with van der Waals surface area (Å²) in [6.07, 6.45) is 4.01. The summed E-state index contributed by atoms with van der Waals surface area (Å²) in [4.78, 5) is 4.30. The van der Waals surface area contributed by atoms with E-state index in [-0.39, 0.29) is 5.54 Å². The summed E-state index contributed by atoms with van der Waals surface area (Å²) in [6.45, 7) is 6.60. The molecule has 0 saturated carbocycles. The number of anilines is 1. The Hall–Kier alpha value is -0.570. The van der Waals surface area contributed by atoms with E-state index < -0.39 is 0 Å². The summed E-state index contributed by atoms with van der Waals surface area (Å²) >= 11 is 3.37. The molecule has 0 fully saturated rings. The highest BCUT2D eigenvalue weighted by Crippen LogP contribution is 2.20. The van der Waals surface area contributed by atoms with Crippen molar-refractivity contribution in [1.29, 1.82) is 0 Å². The van der Waals surface area contributed by atoms with Crippen LogP contribution in [-0.2, 0) is 0 Å². The van der Waals surface area contributed by atoms with Crippen LogP contribution in [0.15, 0.2) is 22.8 Å². The second-order valence-electron chi connectivity index (χ2n) is 3.75. The quantitative estimate of drug-likeness (QED) is 0.886. The summed E-state index contributed by atoms with van der Waals surface area (Å²) in [6, 6.07) is 3.99. The number of hydrogen-bond donors (Lipinski definition) is 1. The molecular weight excluding hydrogens is 240 g/mol. The number of nitrogens with zero attached hydrogens (tertiary/aromatic N) is 1. The normalized spacial score (nSPS) is 11.4. The Balaban J connectivity index is 2.72. The van der Waals surface area contributed by atoms with Gasteiger partial charge in [-0.05, 0) is 47.8 Å². The zero-order chi connectivity index (χ0) is 10.6. The van der Waals surface area contributed by atoms with E-state index in [1.807, 2.05) is 18.3 Å². The van der Waals surface area contributed by atoms with Gasteiger partial charge in [0.05, 0.1) is 0 Å². The minimum atomic E-state index is 0.154. The molecular formula is C11H17BrN2. The van der Waals surface area contributed by atoms with Crippen molar-refractivity contribution in [3.63, 3.8) is 0 Å². The van der Waals surface area contributed by atoms with Gasteiger partial charge in [0.15, 0.2) is 0 Å². The van der Waals surface area contributed by atoms with Gasteiger partial charge in [-0.2, -0.15) is 0 Å². The Morgan fingerprint density at radius 3 is 2.43 bits per heavy atom. The first kappa shape index (κ1) is 11.5. The number of rotatable bonds is 4. The van der Waals surface area contributed by atoms with E-state index in [4.69, 9.17) is 0 Å². The molecule has 0 aliphatic carbocycles. The van der Waals surface area contributed by atoms with Gasteiger partial charge in [-0.1, -0.05) is 13.8 Å². The van der Waals surface area contributed by atoms with Crippen LogP contribution in [0.2, 0.25) is 0 Å². The maximum atomic E-state index is 4.30. The van der Waals surface area contributed by atoms with Gasteiger partial charge in [-0.15, -0.1) is 0 Å². The fourth-order valence-electron chi connectivity index (χ4n) is 1.19. The van der Waals surface area contributed by atoms with Gasteiger partial charge in [0.1, 0.15) is 5.82 Å². The van der Waals surface area contributed by atoms with Crippen LogP contribution in [0.4, 0.5) is 5.82 Å². The summed E-state index contributed by atoms with van der Waals surface area (Å²) < 4.78 is 1.01. The number of hydrogen-bond acceptors (Lipinski definition) is 2. The zero-order valence-corrected chi connectivity index (χ0v) is 10.6. The summed E-state index contributed by atoms with van der Waals surface area (Å²) in [5, 5.41) is 3.45. The van der Waals surface area contributed by atoms with E-state index in [2.05, 4.69) is 47.0 Å². The van der Waals surface area contributed by atoms with Crippen LogP contribution < -0.4 is 5.32 Å². The van der Waals surface area contributed by atoms with Crippen molar-refractivity contribution in [2.75, 3.05) is 5.32 Å². The van der Waals surface area contributed by atoms with Crippen molar-refractivity contribution in [3.05, 3.63) is 22.8 Å². The smallest absolute Gasteiger partial charge is 0.126 e. The molecule has 0 saturated heterocycles. The Bertz CT molecular complexity index is 278. The van der Waals surface area contributed by atoms with E-state index in [0.717, 1.165) is 23.1 Å². The lowest BCUT2D eigenvalue weighted by Crippen LogP contribution is -2.33. The molecule has 2 nitrogen and oxygen atoms in total. The first-order valence-corrected chi connectivity index (χ1v) is 5.78. The van der Waals surface area contributed by atoms with E-state index in [0.29, 0.717) is 0 Å². The first-order valence-electron chi connectivity index (χ1n) is 4.99. The molecule has 1 aromatic rings. The van der Waals surface area contributed by atoms with Crippen LogP contribution >= 0.6 is 15.9 Å². The van der Waals surface area contributed by atoms with Gasteiger partial charge in [-0.3, -0.25) is 0 Å². The number of nitrogens with one attached hydrogen (secondary N) is 1. The molecule has 0 unspecified atom stereocenters. The van der Waals surface area contributed by atoms with E-state index in [1.165, 1.54) is 0 Å². The van der Waals surface area contributed by atoms with Gasteiger partial charge in [-0.25, -0.2) is 4.98 Å². The summed E-state index contributed by atoms with van der Waals surface area (Å²) in [5.41, 5.74) is 0.154. The molecule has 0 radical (unpaired) electrons.